The molecular formula is C32H37N5O. The maximum atomic E-state index is 12.3. The second-order valence-electron chi connectivity index (χ2n) is 9.42. The summed E-state index contributed by atoms with van der Waals surface area (Å²) in [6.07, 6.45) is 9.59. The molecule has 0 fully saturated rings. The van der Waals surface area contributed by atoms with E-state index in [0.717, 1.165) is 38.7 Å². The number of rotatable bonds is 8. The Hall–Kier alpha value is -4.03. The molecule has 3 aromatic carbocycles. The first kappa shape index (κ1) is 27.0. The van der Waals surface area contributed by atoms with Crippen LogP contribution >= 0.6 is 0 Å². The van der Waals surface area contributed by atoms with Crippen molar-refractivity contribution >= 4 is 22.3 Å². The minimum absolute atomic E-state index is 0.0986. The number of aromatic nitrogens is 3. The summed E-state index contributed by atoms with van der Waals surface area (Å²) in [7, 11) is 1.64. The number of aryl methyl sites for hydroxylation is 1. The number of nitrogens with one attached hydrogen (secondary N) is 2. The van der Waals surface area contributed by atoms with Crippen molar-refractivity contribution in [3.63, 3.8) is 0 Å². The number of amides is 1. The summed E-state index contributed by atoms with van der Waals surface area (Å²) in [5.41, 5.74) is 6.71. The van der Waals surface area contributed by atoms with Gasteiger partial charge < -0.3 is 10.6 Å². The maximum Gasteiger partial charge on any atom is 0.251 e. The lowest BCUT2D eigenvalue weighted by Crippen LogP contribution is -2.17. The van der Waals surface area contributed by atoms with Gasteiger partial charge in [0.15, 0.2) is 5.65 Å². The van der Waals surface area contributed by atoms with Gasteiger partial charge in [-0.3, -0.25) is 4.79 Å². The minimum atomic E-state index is -0.0986. The highest BCUT2D eigenvalue weighted by Gasteiger charge is 2.15. The molecule has 0 saturated heterocycles. The predicted molar refractivity (Wildman–Crippen MR) is 158 cm³/mol. The number of carbonyl (C=O) groups excluding carboxylic acids is 1. The number of hydrogen-bond donors (Lipinski definition) is 2. The zero-order chi connectivity index (χ0) is 26.9. The van der Waals surface area contributed by atoms with Crippen molar-refractivity contribution in [2.24, 2.45) is 0 Å². The Balaban J connectivity index is 0.000000368. The normalized spacial score (nSPS) is 10.8. The van der Waals surface area contributed by atoms with Gasteiger partial charge in [-0.05, 0) is 60.8 Å². The standard InChI is InChI=1S/C25H20N4O.C7H17N/c1-16-9-11-17(12-10-16)18-13-27-24-23(14-28-29(24)15-18)21-7-3-6-20-19(21)5-4-8-22(20)25(30)26-2;1-3-5-7-8-6-4-2/h3-15H,1-2H3,(H,26,30);8H,3-7H2,1-2H3. The van der Waals surface area contributed by atoms with E-state index in [-0.39, 0.29) is 5.91 Å². The average molecular weight is 508 g/mol. The van der Waals surface area contributed by atoms with Crippen molar-refractivity contribution in [2.45, 2.75) is 40.0 Å². The quantitative estimate of drug-likeness (QED) is 0.230. The van der Waals surface area contributed by atoms with Crippen LogP contribution < -0.4 is 10.6 Å². The van der Waals surface area contributed by atoms with Gasteiger partial charge in [-0.2, -0.15) is 5.10 Å². The number of benzene rings is 3. The Morgan fingerprint density at radius 1 is 0.842 bits per heavy atom. The zero-order valence-electron chi connectivity index (χ0n) is 22.8. The smallest absolute Gasteiger partial charge is 0.251 e. The summed E-state index contributed by atoms with van der Waals surface area (Å²) in [6.45, 7) is 8.86. The van der Waals surface area contributed by atoms with Crippen LogP contribution in [-0.2, 0) is 0 Å². The molecule has 196 valence electrons. The first-order valence-corrected chi connectivity index (χ1v) is 13.4. The third-order valence-corrected chi connectivity index (χ3v) is 6.56. The van der Waals surface area contributed by atoms with Gasteiger partial charge in [-0.25, -0.2) is 9.50 Å². The van der Waals surface area contributed by atoms with Gasteiger partial charge in [0.2, 0.25) is 0 Å². The van der Waals surface area contributed by atoms with Gasteiger partial charge in [0.25, 0.3) is 5.91 Å². The van der Waals surface area contributed by atoms with Gasteiger partial charge in [0, 0.05) is 36.1 Å². The van der Waals surface area contributed by atoms with E-state index in [0.29, 0.717) is 5.56 Å². The topological polar surface area (TPSA) is 71.3 Å². The van der Waals surface area contributed by atoms with Gasteiger partial charge in [0.1, 0.15) is 0 Å². The van der Waals surface area contributed by atoms with Gasteiger partial charge >= 0.3 is 0 Å². The van der Waals surface area contributed by atoms with Crippen LogP contribution in [0.1, 0.15) is 49.0 Å². The highest BCUT2D eigenvalue weighted by molar-refractivity contribution is 6.11. The molecule has 0 aliphatic rings. The van der Waals surface area contributed by atoms with E-state index in [9.17, 15) is 4.79 Å². The molecule has 2 aromatic heterocycles. The average Bonchev–Trinajstić information content (AvgIpc) is 3.38. The zero-order valence-corrected chi connectivity index (χ0v) is 22.8. The van der Waals surface area contributed by atoms with E-state index in [1.807, 2.05) is 59.5 Å². The fourth-order valence-corrected chi connectivity index (χ4v) is 4.44. The van der Waals surface area contributed by atoms with E-state index >= 15 is 0 Å². The molecule has 2 N–H and O–H groups in total. The van der Waals surface area contributed by atoms with Crippen molar-refractivity contribution in [1.82, 2.24) is 25.2 Å². The van der Waals surface area contributed by atoms with Crippen LogP contribution in [0.25, 0.3) is 38.7 Å². The molecule has 5 rings (SSSR count). The van der Waals surface area contributed by atoms with Crippen molar-refractivity contribution in [3.05, 3.63) is 90.4 Å². The predicted octanol–water partition coefficient (Wildman–Crippen LogP) is 6.67. The Kier molecular flexibility index (Phi) is 9.22. The number of nitrogens with zero attached hydrogens (tertiary/aromatic N) is 3. The molecule has 0 atom stereocenters. The Bertz CT molecular complexity index is 1500. The van der Waals surface area contributed by atoms with Crippen molar-refractivity contribution in [3.8, 4) is 22.3 Å². The third kappa shape index (κ3) is 6.09. The van der Waals surface area contributed by atoms with Crippen LogP contribution in [0.5, 0.6) is 0 Å². The van der Waals surface area contributed by atoms with E-state index in [1.165, 1.54) is 37.9 Å². The van der Waals surface area contributed by atoms with Crippen LogP contribution in [0.15, 0.2) is 79.3 Å². The van der Waals surface area contributed by atoms with Gasteiger partial charge in [-0.1, -0.05) is 80.4 Å². The maximum absolute atomic E-state index is 12.3. The monoisotopic (exact) mass is 507 g/mol. The largest absolute Gasteiger partial charge is 0.355 e. The van der Waals surface area contributed by atoms with Crippen LogP contribution in [0, 0.1) is 6.92 Å². The van der Waals surface area contributed by atoms with Crippen molar-refractivity contribution in [1.29, 1.82) is 0 Å². The Morgan fingerprint density at radius 2 is 1.61 bits per heavy atom. The highest BCUT2D eigenvalue weighted by atomic mass is 16.1. The molecule has 0 saturated carbocycles. The highest BCUT2D eigenvalue weighted by Crippen LogP contribution is 2.33. The Morgan fingerprint density at radius 3 is 2.34 bits per heavy atom. The van der Waals surface area contributed by atoms with Crippen LogP contribution in [0.2, 0.25) is 0 Å². The van der Waals surface area contributed by atoms with Crippen LogP contribution in [-0.4, -0.2) is 40.6 Å². The molecule has 0 unspecified atom stereocenters. The molecule has 0 spiro atoms. The first-order chi connectivity index (χ1) is 18.6. The molecule has 0 bridgehead atoms. The minimum Gasteiger partial charge on any atom is -0.355 e. The first-order valence-electron chi connectivity index (χ1n) is 13.4. The molecule has 0 aliphatic carbocycles. The molecule has 2 heterocycles. The third-order valence-electron chi connectivity index (χ3n) is 6.56. The van der Waals surface area contributed by atoms with Crippen molar-refractivity contribution < 1.29 is 4.79 Å². The van der Waals surface area contributed by atoms with E-state index in [2.05, 4.69) is 60.8 Å². The number of unbranched alkanes of at least 4 members (excludes halogenated alkanes) is 1. The molecular weight excluding hydrogens is 470 g/mol. The molecule has 5 aromatic rings. The van der Waals surface area contributed by atoms with Crippen LogP contribution in [0.3, 0.4) is 0 Å². The lowest BCUT2D eigenvalue weighted by Gasteiger charge is -2.09. The summed E-state index contributed by atoms with van der Waals surface area (Å²) in [5.74, 6) is -0.0986. The molecule has 0 aliphatic heterocycles. The molecule has 0 radical (unpaired) electrons. The Labute approximate surface area is 225 Å². The van der Waals surface area contributed by atoms with E-state index < -0.39 is 0 Å². The molecule has 6 nitrogen and oxygen atoms in total. The lowest BCUT2D eigenvalue weighted by atomic mass is 9.96. The molecule has 38 heavy (non-hydrogen) atoms. The lowest BCUT2D eigenvalue weighted by molar-refractivity contribution is 0.0964. The summed E-state index contributed by atoms with van der Waals surface area (Å²) in [6, 6.07) is 20.1. The number of hydrogen-bond acceptors (Lipinski definition) is 4. The number of fused-ring (bicyclic) bond motifs is 2. The summed E-state index contributed by atoms with van der Waals surface area (Å²) in [4.78, 5) is 17.0. The summed E-state index contributed by atoms with van der Waals surface area (Å²) >= 11 is 0. The van der Waals surface area contributed by atoms with Crippen molar-refractivity contribution in [2.75, 3.05) is 20.1 Å². The fraction of sp³-hybridized carbons (Fsp3) is 0.281. The van der Waals surface area contributed by atoms with E-state index in [4.69, 9.17) is 4.98 Å². The number of carbonyl (C=O) groups is 1. The van der Waals surface area contributed by atoms with E-state index in [1.54, 1.807) is 7.05 Å². The van der Waals surface area contributed by atoms with Crippen LogP contribution in [0.4, 0.5) is 0 Å². The summed E-state index contributed by atoms with van der Waals surface area (Å²) < 4.78 is 1.81. The fourth-order valence-electron chi connectivity index (χ4n) is 4.44. The SMILES string of the molecule is CCCCNCCC.CNC(=O)c1cccc2c(-c3cnn4cc(-c5ccc(C)cc5)cnc34)cccc12. The van der Waals surface area contributed by atoms with Gasteiger partial charge in [0.05, 0.1) is 6.20 Å². The molecule has 6 heteroatoms. The second-order valence-corrected chi connectivity index (χ2v) is 9.42. The molecule has 1 amide bonds. The van der Waals surface area contributed by atoms with Gasteiger partial charge in [-0.15, -0.1) is 0 Å². The second kappa shape index (κ2) is 13.0. The summed E-state index contributed by atoms with van der Waals surface area (Å²) in [5, 5.41) is 12.5.